The Labute approximate surface area is 113 Å². The molecule has 1 saturated carbocycles. The van der Waals surface area contributed by atoms with Crippen molar-refractivity contribution in [2.75, 3.05) is 7.11 Å². The van der Waals surface area contributed by atoms with Gasteiger partial charge in [0.15, 0.2) is 0 Å². The third-order valence-electron chi connectivity index (χ3n) is 3.93. The van der Waals surface area contributed by atoms with Gasteiger partial charge in [0, 0.05) is 12.3 Å². The molecule has 1 aromatic rings. The van der Waals surface area contributed by atoms with Gasteiger partial charge in [-0.3, -0.25) is 4.79 Å². The van der Waals surface area contributed by atoms with E-state index in [1.165, 1.54) is 30.6 Å². The van der Waals surface area contributed by atoms with Crippen LogP contribution in [0.2, 0.25) is 0 Å². The molecule has 0 aromatic carbocycles. The van der Waals surface area contributed by atoms with Crippen molar-refractivity contribution in [3.63, 3.8) is 0 Å². The van der Waals surface area contributed by atoms with Crippen LogP contribution in [-0.2, 0) is 9.53 Å². The Morgan fingerprint density at radius 1 is 1.42 bits per heavy atom. The molecular weight excluding hydrogens is 242 g/mol. The van der Waals surface area contributed by atoms with Gasteiger partial charge >= 0.3 is 5.97 Å². The number of methoxy groups -OCH3 is 1. The summed E-state index contributed by atoms with van der Waals surface area (Å²) in [6.07, 6.45) is 7.19. The van der Waals surface area contributed by atoms with Crippen molar-refractivity contribution in [1.82, 2.24) is 4.57 Å². The van der Waals surface area contributed by atoms with Gasteiger partial charge in [-0.25, -0.2) is 4.79 Å². The van der Waals surface area contributed by atoms with E-state index in [-0.39, 0.29) is 11.5 Å². The Hall–Kier alpha value is -1.58. The molecule has 0 unspecified atom stereocenters. The highest BCUT2D eigenvalue weighted by atomic mass is 16.5. The van der Waals surface area contributed by atoms with Gasteiger partial charge in [-0.2, -0.15) is 0 Å². The highest BCUT2D eigenvalue weighted by Crippen LogP contribution is 2.32. The normalized spacial score (nSPS) is 17.4. The number of aryl methyl sites for hydroxylation is 1. The average molecular weight is 263 g/mol. The van der Waals surface area contributed by atoms with Crippen LogP contribution in [0.15, 0.2) is 23.1 Å². The molecule has 0 spiro atoms. The summed E-state index contributed by atoms with van der Waals surface area (Å²) >= 11 is 0. The zero-order valence-electron chi connectivity index (χ0n) is 11.6. The minimum atomic E-state index is -0.486. The zero-order valence-corrected chi connectivity index (χ0v) is 11.6. The van der Waals surface area contributed by atoms with E-state index in [1.54, 1.807) is 12.3 Å². The molecule has 19 heavy (non-hydrogen) atoms. The number of carbonyl (C=O) groups excluding carboxylic acids is 1. The maximum atomic E-state index is 12.0. The van der Waals surface area contributed by atoms with E-state index in [0.29, 0.717) is 12.3 Å². The summed E-state index contributed by atoms with van der Waals surface area (Å²) in [6.45, 7) is 1.92. The second kappa shape index (κ2) is 6.04. The smallest absolute Gasteiger partial charge is 0.328 e. The van der Waals surface area contributed by atoms with Crippen LogP contribution < -0.4 is 5.56 Å². The Morgan fingerprint density at radius 3 is 2.74 bits per heavy atom. The minimum absolute atomic E-state index is 0.140. The number of hydrogen-bond acceptors (Lipinski definition) is 3. The topological polar surface area (TPSA) is 48.3 Å². The fourth-order valence-electron chi connectivity index (χ4n) is 2.88. The summed E-state index contributed by atoms with van der Waals surface area (Å²) in [5.41, 5.74) is 0.832. The third kappa shape index (κ3) is 3.25. The molecule has 2 rings (SSSR count). The van der Waals surface area contributed by atoms with Gasteiger partial charge in [0.25, 0.3) is 5.56 Å². The lowest BCUT2D eigenvalue weighted by molar-refractivity contribution is -0.145. The van der Waals surface area contributed by atoms with Crippen LogP contribution in [0, 0.1) is 12.8 Å². The maximum Gasteiger partial charge on any atom is 0.328 e. The van der Waals surface area contributed by atoms with E-state index >= 15 is 0 Å². The fraction of sp³-hybridized carbons (Fsp3) is 0.600. The van der Waals surface area contributed by atoms with Gasteiger partial charge in [-0.1, -0.05) is 31.7 Å². The first kappa shape index (κ1) is 13.8. The van der Waals surface area contributed by atoms with Gasteiger partial charge < -0.3 is 9.30 Å². The lowest BCUT2D eigenvalue weighted by atomic mass is 9.98. The molecule has 1 fully saturated rings. The summed E-state index contributed by atoms with van der Waals surface area (Å²) in [5.74, 6) is 0.205. The number of aromatic nitrogens is 1. The van der Waals surface area contributed by atoms with Gasteiger partial charge in [-0.05, 0) is 24.8 Å². The Kier molecular flexibility index (Phi) is 4.40. The molecule has 1 aliphatic carbocycles. The quantitative estimate of drug-likeness (QED) is 0.784. The number of rotatable bonds is 4. The fourth-order valence-corrected chi connectivity index (χ4v) is 2.88. The average Bonchev–Trinajstić information content (AvgIpc) is 2.91. The first-order chi connectivity index (χ1) is 9.11. The van der Waals surface area contributed by atoms with E-state index in [0.717, 1.165) is 18.4 Å². The van der Waals surface area contributed by atoms with Crippen molar-refractivity contribution in [2.24, 2.45) is 5.92 Å². The maximum absolute atomic E-state index is 12.0. The molecule has 0 bridgehead atoms. The number of carbonyl (C=O) groups is 1. The van der Waals surface area contributed by atoms with Crippen LogP contribution in [0.3, 0.4) is 0 Å². The molecule has 104 valence electrons. The molecule has 0 radical (unpaired) electrons. The second-order valence-corrected chi connectivity index (χ2v) is 5.38. The molecule has 1 aliphatic rings. The molecule has 1 heterocycles. The zero-order chi connectivity index (χ0) is 13.8. The highest BCUT2D eigenvalue weighted by molar-refractivity contribution is 5.74. The van der Waals surface area contributed by atoms with E-state index in [9.17, 15) is 9.59 Å². The lowest BCUT2D eigenvalue weighted by Gasteiger charge is -2.21. The first-order valence-corrected chi connectivity index (χ1v) is 6.88. The van der Waals surface area contributed by atoms with Crippen molar-refractivity contribution < 1.29 is 9.53 Å². The van der Waals surface area contributed by atoms with Crippen molar-refractivity contribution in [1.29, 1.82) is 0 Å². The summed E-state index contributed by atoms with van der Waals surface area (Å²) in [7, 11) is 1.38. The first-order valence-electron chi connectivity index (χ1n) is 6.88. The summed E-state index contributed by atoms with van der Waals surface area (Å²) in [4.78, 5) is 23.9. The Morgan fingerprint density at radius 2 is 2.11 bits per heavy atom. The minimum Gasteiger partial charge on any atom is -0.467 e. The predicted molar refractivity (Wildman–Crippen MR) is 73.1 cm³/mol. The van der Waals surface area contributed by atoms with Crippen molar-refractivity contribution in [3.8, 4) is 0 Å². The van der Waals surface area contributed by atoms with Gasteiger partial charge in [-0.15, -0.1) is 0 Å². The monoisotopic (exact) mass is 263 g/mol. The molecule has 4 heteroatoms. The predicted octanol–water partition coefficient (Wildman–Crippen LogP) is 2.45. The van der Waals surface area contributed by atoms with Crippen LogP contribution in [0.25, 0.3) is 0 Å². The van der Waals surface area contributed by atoms with Gasteiger partial charge in [0.2, 0.25) is 0 Å². The number of ether oxygens (including phenoxy) is 1. The standard InChI is InChI=1S/C15H21NO3/c1-11-7-8-14(17)16(10-11)13(15(18)19-2)9-12-5-3-4-6-12/h7-8,10,12-13H,3-6,9H2,1-2H3/t13-/m0/s1. The summed E-state index contributed by atoms with van der Waals surface area (Å²) in [5, 5.41) is 0. The Bertz CT molecular complexity index is 500. The largest absolute Gasteiger partial charge is 0.467 e. The number of hydrogen-bond donors (Lipinski definition) is 0. The number of pyridine rings is 1. The lowest BCUT2D eigenvalue weighted by Crippen LogP contribution is -2.31. The van der Waals surface area contributed by atoms with Crippen molar-refractivity contribution in [2.45, 2.75) is 45.1 Å². The van der Waals surface area contributed by atoms with Crippen LogP contribution in [0.4, 0.5) is 0 Å². The Balaban J connectivity index is 2.28. The SMILES string of the molecule is COC(=O)[C@H](CC1CCCC1)n1cc(C)ccc1=O. The number of esters is 1. The third-order valence-corrected chi connectivity index (χ3v) is 3.93. The highest BCUT2D eigenvalue weighted by Gasteiger charge is 2.27. The van der Waals surface area contributed by atoms with Crippen LogP contribution in [0.1, 0.15) is 43.7 Å². The van der Waals surface area contributed by atoms with Crippen LogP contribution in [-0.4, -0.2) is 17.6 Å². The van der Waals surface area contributed by atoms with E-state index in [4.69, 9.17) is 4.74 Å². The molecule has 1 atom stereocenters. The molecule has 1 aromatic heterocycles. The second-order valence-electron chi connectivity index (χ2n) is 5.38. The molecule has 4 nitrogen and oxygen atoms in total. The van der Waals surface area contributed by atoms with Crippen molar-refractivity contribution >= 4 is 5.97 Å². The van der Waals surface area contributed by atoms with Crippen LogP contribution in [0.5, 0.6) is 0 Å². The summed E-state index contributed by atoms with van der Waals surface area (Å²) < 4.78 is 6.40. The van der Waals surface area contributed by atoms with Crippen molar-refractivity contribution in [3.05, 3.63) is 34.2 Å². The molecule has 0 aliphatic heterocycles. The number of nitrogens with zero attached hydrogens (tertiary/aromatic N) is 1. The van der Waals surface area contributed by atoms with E-state index < -0.39 is 6.04 Å². The van der Waals surface area contributed by atoms with Gasteiger partial charge in [0.1, 0.15) is 6.04 Å². The van der Waals surface area contributed by atoms with E-state index in [1.807, 2.05) is 6.92 Å². The molecule has 0 saturated heterocycles. The summed E-state index contributed by atoms with van der Waals surface area (Å²) in [6, 6.07) is 2.79. The van der Waals surface area contributed by atoms with Gasteiger partial charge in [0.05, 0.1) is 7.11 Å². The van der Waals surface area contributed by atoms with Crippen LogP contribution >= 0.6 is 0 Å². The van der Waals surface area contributed by atoms with E-state index in [2.05, 4.69) is 0 Å². The molecule has 0 N–H and O–H groups in total. The molecule has 0 amide bonds. The molecular formula is C15H21NO3.